The molecule has 3 aromatic rings. The van der Waals surface area contributed by atoms with E-state index in [1.165, 1.54) is 12.1 Å². The zero-order chi connectivity index (χ0) is 19.6. The van der Waals surface area contributed by atoms with Crippen LogP contribution in [0.5, 0.6) is 11.6 Å². The molecule has 3 rings (SSSR count). The molecule has 2 aromatic carbocycles. The van der Waals surface area contributed by atoms with E-state index in [1.807, 2.05) is 19.9 Å². The number of nitrogens with zero attached hydrogens (tertiary/aromatic N) is 1. The first kappa shape index (κ1) is 19.0. The summed E-state index contributed by atoms with van der Waals surface area (Å²) in [5.74, 6) is 0.320. The van der Waals surface area contributed by atoms with E-state index < -0.39 is 6.36 Å². The Kier molecular flexibility index (Phi) is 5.27. The predicted molar refractivity (Wildman–Crippen MR) is 94.4 cm³/mol. The number of ether oxygens (including phenoxy) is 2. The van der Waals surface area contributed by atoms with Gasteiger partial charge in [-0.3, -0.25) is 0 Å². The van der Waals surface area contributed by atoms with Gasteiger partial charge in [-0.05, 0) is 46.5 Å². The van der Waals surface area contributed by atoms with Gasteiger partial charge in [0.05, 0.1) is 5.39 Å². The zero-order valence-corrected chi connectivity index (χ0v) is 14.8. The van der Waals surface area contributed by atoms with Crippen LogP contribution in [0, 0.1) is 5.92 Å². The number of fused-ring (bicyclic) bond motifs is 1. The molecule has 0 saturated carbocycles. The van der Waals surface area contributed by atoms with E-state index in [1.54, 1.807) is 24.3 Å². The van der Waals surface area contributed by atoms with Crippen molar-refractivity contribution >= 4 is 11.0 Å². The van der Waals surface area contributed by atoms with Gasteiger partial charge in [0.1, 0.15) is 12.4 Å². The molecule has 0 fully saturated rings. The normalized spacial score (nSPS) is 13.1. The van der Waals surface area contributed by atoms with Crippen LogP contribution in [-0.2, 0) is 0 Å². The number of halogens is 3. The van der Waals surface area contributed by atoms with E-state index in [0.29, 0.717) is 23.5 Å². The molecular weight excluding hydrogens is 361 g/mol. The third-order valence-electron chi connectivity index (χ3n) is 4.13. The summed E-state index contributed by atoms with van der Waals surface area (Å²) in [7, 11) is 0. The molecule has 1 atom stereocenters. The van der Waals surface area contributed by atoms with Gasteiger partial charge in [-0.1, -0.05) is 32.0 Å². The molecule has 27 heavy (non-hydrogen) atoms. The van der Waals surface area contributed by atoms with Crippen LogP contribution in [0.25, 0.3) is 22.1 Å². The van der Waals surface area contributed by atoms with Crippen LogP contribution in [0.4, 0.5) is 13.2 Å². The van der Waals surface area contributed by atoms with E-state index in [2.05, 4.69) is 9.89 Å². The second-order valence-electron chi connectivity index (χ2n) is 6.49. The van der Waals surface area contributed by atoms with Crippen molar-refractivity contribution in [1.82, 2.24) is 5.16 Å². The number of hydrogen-bond donors (Lipinski definition) is 1. The number of rotatable bonds is 6. The van der Waals surface area contributed by atoms with E-state index in [0.717, 1.165) is 11.1 Å². The van der Waals surface area contributed by atoms with Crippen LogP contribution in [0.3, 0.4) is 0 Å². The maximum absolute atomic E-state index is 12.3. The summed E-state index contributed by atoms with van der Waals surface area (Å²) in [5, 5.41) is 4.58. The largest absolute Gasteiger partial charge is 0.573 e. The van der Waals surface area contributed by atoms with Crippen molar-refractivity contribution in [3.05, 3.63) is 42.5 Å². The topological polar surface area (TPSA) is 70.5 Å². The molecule has 0 amide bonds. The SMILES string of the molecule is CC(C)[C@H](N)COc1noc2ccc(-c3ccc(OC(F)(F)F)cc3)cc12. The van der Waals surface area contributed by atoms with Crippen molar-refractivity contribution in [3.63, 3.8) is 0 Å². The summed E-state index contributed by atoms with van der Waals surface area (Å²) < 4.78 is 51.6. The molecule has 0 bridgehead atoms. The Hall–Kier alpha value is -2.74. The molecule has 1 aromatic heterocycles. The van der Waals surface area contributed by atoms with Crippen molar-refractivity contribution < 1.29 is 27.2 Å². The Labute approximate surface area is 153 Å². The van der Waals surface area contributed by atoms with Gasteiger partial charge in [0.15, 0.2) is 5.58 Å². The number of alkyl halides is 3. The monoisotopic (exact) mass is 380 g/mol. The molecule has 1 heterocycles. The lowest BCUT2D eigenvalue weighted by Crippen LogP contribution is -2.33. The van der Waals surface area contributed by atoms with E-state index in [9.17, 15) is 13.2 Å². The van der Waals surface area contributed by atoms with Crippen molar-refractivity contribution in [2.75, 3.05) is 6.61 Å². The maximum atomic E-state index is 12.3. The Bertz CT molecular complexity index is 905. The number of nitrogens with two attached hydrogens (primary N) is 1. The predicted octanol–water partition coefficient (Wildman–Crippen LogP) is 4.76. The molecular formula is C19H19F3N2O3. The molecule has 0 radical (unpaired) electrons. The van der Waals surface area contributed by atoms with Crippen molar-refractivity contribution in [3.8, 4) is 22.8 Å². The van der Waals surface area contributed by atoms with Gasteiger partial charge in [-0.2, -0.15) is 0 Å². The van der Waals surface area contributed by atoms with Gasteiger partial charge < -0.3 is 19.7 Å². The summed E-state index contributed by atoms with van der Waals surface area (Å²) in [6.45, 7) is 4.30. The van der Waals surface area contributed by atoms with Gasteiger partial charge in [0.25, 0.3) is 5.88 Å². The van der Waals surface area contributed by atoms with E-state index in [4.69, 9.17) is 15.0 Å². The van der Waals surface area contributed by atoms with Crippen molar-refractivity contribution in [2.45, 2.75) is 26.3 Å². The summed E-state index contributed by atoms with van der Waals surface area (Å²) >= 11 is 0. The Morgan fingerprint density at radius 2 is 1.74 bits per heavy atom. The molecule has 144 valence electrons. The van der Waals surface area contributed by atoms with Gasteiger partial charge in [0.2, 0.25) is 0 Å². The fraction of sp³-hybridized carbons (Fsp3) is 0.316. The van der Waals surface area contributed by atoms with Gasteiger partial charge in [-0.25, -0.2) is 0 Å². The smallest absolute Gasteiger partial charge is 0.473 e. The van der Waals surface area contributed by atoms with E-state index >= 15 is 0 Å². The zero-order valence-electron chi connectivity index (χ0n) is 14.8. The molecule has 0 aliphatic rings. The summed E-state index contributed by atoms with van der Waals surface area (Å²) in [6.07, 6.45) is -4.72. The summed E-state index contributed by atoms with van der Waals surface area (Å²) in [5.41, 5.74) is 8.03. The van der Waals surface area contributed by atoms with Crippen LogP contribution >= 0.6 is 0 Å². The first-order valence-corrected chi connectivity index (χ1v) is 8.37. The highest BCUT2D eigenvalue weighted by atomic mass is 19.4. The average molecular weight is 380 g/mol. The molecule has 5 nitrogen and oxygen atoms in total. The average Bonchev–Trinajstić information content (AvgIpc) is 3.01. The molecule has 2 N–H and O–H groups in total. The highest BCUT2D eigenvalue weighted by molar-refractivity contribution is 5.87. The highest BCUT2D eigenvalue weighted by Crippen LogP contribution is 2.32. The quantitative estimate of drug-likeness (QED) is 0.668. The summed E-state index contributed by atoms with van der Waals surface area (Å²) in [4.78, 5) is 0. The minimum atomic E-state index is -4.72. The fourth-order valence-corrected chi connectivity index (χ4v) is 2.42. The second kappa shape index (κ2) is 7.48. The molecule has 0 spiro atoms. The van der Waals surface area contributed by atoms with Gasteiger partial charge in [0, 0.05) is 6.04 Å². The van der Waals surface area contributed by atoms with Crippen LogP contribution in [-0.4, -0.2) is 24.2 Å². The Morgan fingerprint density at radius 1 is 1.07 bits per heavy atom. The maximum Gasteiger partial charge on any atom is 0.573 e. The molecule has 0 aliphatic heterocycles. The lowest BCUT2D eigenvalue weighted by Gasteiger charge is -2.14. The van der Waals surface area contributed by atoms with Crippen LogP contribution < -0.4 is 15.2 Å². The third-order valence-corrected chi connectivity index (χ3v) is 4.13. The van der Waals surface area contributed by atoms with Crippen molar-refractivity contribution in [2.24, 2.45) is 11.7 Å². The van der Waals surface area contributed by atoms with Crippen LogP contribution in [0.2, 0.25) is 0 Å². The summed E-state index contributed by atoms with van der Waals surface area (Å²) in [6, 6.07) is 10.8. The number of aromatic nitrogens is 1. The Balaban J connectivity index is 1.82. The Morgan fingerprint density at radius 3 is 2.37 bits per heavy atom. The first-order valence-electron chi connectivity index (χ1n) is 8.37. The van der Waals surface area contributed by atoms with Gasteiger partial charge in [-0.15, -0.1) is 13.2 Å². The van der Waals surface area contributed by atoms with Crippen LogP contribution in [0.15, 0.2) is 47.0 Å². The molecule has 0 aliphatic carbocycles. The van der Waals surface area contributed by atoms with Crippen molar-refractivity contribution in [1.29, 1.82) is 0 Å². The highest BCUT2D eigenvalue weighted by Gasteiger charge is 2.31. The number of benzene rings is 2. The number of hydrogen-bond acceptors (Lipinski definition) is 5. The van der Waals surface area contributed by atoms with E-state index in [-0.39, 0.29) is 17.7 Å². The minimum absolute atomic E-state index is 0.138. The molecule has 8 heteroatoms. The standard InChI is InChI=1S/C19H19F3N2O3/c1-11(2)16(23)10-25-18-15-9-13(5-8-17(15)27-24-18)12-3-6-14(7-4-12)26-19(20,21)22/h3-9,11,16H,10,23H2,1-2H3/t16-/m1/s1. The molecule has 0 saturated heterocycles. The third kappa shape index (κ3) is 4.71. The minimum Gasteiger partial charge on any atom is -0.473 e. The first-order chi connectivity index (χ1) is 12.7. The lowest BCUT2D eigenvalue weighted by molar-refractivity contribution is -0.274. The molecule has 0 unspecified atom stereocenters. The fourth-order valence-electron chi connectivity index (χ4n) is 2.42. The lowest BCUT2D eigenvalue weighted by atomic mass is 10.0. The van der Waals surface area contributed by atoms with Gasteiger partial charge >= 0.3 is 6.36 Å². The van der Waals surface area contributed by atoms with Crippen LogP contribution in [0.1, 0.15) is 13.8 Å². The second-order valence-corrected chi connectivity index (χ2v) is 6.49.